The van der Waals surface area contributed by atoms with Crippen LogP contribution in [0.25, 0.3) is 11.1 Å². The van der Waals surface area contributed by atoms with Gasteiger partial charge in [-0.1, -0.05) is 54.6 Å². The van der Waals surface area contributed by atoms with Gasteiger partial charge in [-0.25, -0.2) is 0 Å². The number of nitrogens with two attached hydrogens (primary N) is 1. The van der Waals surface area contributed by atoms with Gasteiger partial charge in [0, 0.05) is 13.1 Å². The number of phenolic OH excluding ortho intramolecular Hbond substituents is 1. The lowest BCUT2D eigenvalue weighted by molar-refractivity contribution is -0.123. The van der Waals surface area contributed by atoms with Crippen molar-refractivity contribution in [3.8, 4) is 11.5 Å². The monoisotopic (exact) mass is 536 g/mol. The highest BCUT2D eigenvalue weighted by Crippen LogP contribution is 2.42. The Bertz CT molecular complexity index is 1350. The van der Waals surface area contributed by atoms with E-state index in [4.69, 9.17) is 10.5 Å². The topological polar surface area (TPSA) is 84.6 Å². The minimum Gasteiger partial charge on any atom is -0.508 e. The number of phenols is 1. The fourth-order valence-electron chi connectivity index (χ4n) is 4.84. The van der Waals surface area contributed by atoms with Gasteiger partial charge in [-0.05, 0) is 82.5 Å². The zero-order valence-corrected chi connectivity index (χ0v) is 21.4. The fraction of sp³-hybridized carbons (Fsp3) is 0.258. The van der Waals surface area contributed by atoms with Crippen molar-refractivity contribution in [1.82, 2.24) is 5.32 Å². The molecule has 1 aliphatic carbocycles. The van der Waals surface area contributed by atoms with E-state index in [1.165, 1.54) is 6.08 Å². The lowest BCUT2D eigenvalue weighted by Crippen LogP contribution is -2.21. The van der Waals surface area contributed by atoms with Crippen molar-refractivity contribution >= 4 is 17.1 Å². The summed E-state index contributed by atoms with van der Waals surface area (Å²) in [7, 11) is 0. The summed E-state index contributed by atoms with van der Waals surface area (Å²) in [5.74, 6) is 0.179. The van der Waals surface area contributed by atoms with Crippen LogP contribution in [0.5, 0.6) is 11.5 Å². The van der Waals surface area contributed by atoms with Gasteiger partial charge in [-0.3, -0.25) is 4.79 Å². The van der Waals surface area contributed by atoms with E-state index in [0.717, 1.165) is 30.4 Å². The maximum absolute atomic E-state index is 13.9. The first-order valence-corrected chi connectivity index (χ1v) is 12.8. The number of fused-ring (bicyclic) bond motifs is 1. The Morgan fingerprint density at radius 1 is 1.00 bits per heavy atom. The number of rotatable bonds is 11. The van der Waals surface area contributed by atoms with Gasteiger partial charge in [0.25, 0.3) is 0 Å². The van der Waals surface area contributed by atoms with E-state index in [9.17, 15) is 23.1 Å². The molecule has 1 amide bonds. The number of primary amides is 1. The third-order valence-electron chi connectivity index (χ3n) is 6.52. The minimum absolute atomic E-state index is 0.120. The summed E-state index contributed by atoms with van der Waals surface area (Å²) in [5, 5.41) is 13.8. The average molecular weight is 537 g/mol. The van der Waals surface area contributed by atoms with Crippen molar-refractivity contribution in [2.45, 2.75) is 31.9 Å². The quantitative estimate of drug-likeness (QED) is 0.164. The van der Waals surface area contributed by atoms with Gasteiger partial charge in [0.15, 0.2) is 0 Å². The molecule has 8 heteroatoms. The molecule has 0 aliphatic heterocycles. The highest BCUT2D eigenvalue weighted by Gasteiger charge is 2.32. The Hall–Kier alpha value is -4.04. The summed E-state index contributed by atoms with van der Waals surface area (Å²) in [6, 6.07) is 19.0. The van der Waals surface area contributed by atoms with E-state index in [1.54, 1.807) is 66.7 Å². The second-order valence-corrected chi connectivity index (χ2v) is 9.38. The molecule has 0 spiro atoms. The number of amides is 1. The summed E-state index contributed by atoms with van der Waals surface area (Å²) in [4.78, 5) is 10.7. The predicted octanol–water partition coefficient (Wildman–Crippen LogP) is 5.80. The van der Waals surface area contributed by atoms with Gasteiger partial charge in [-0.2, -0.15) is 13.2 Å². The van der Waals surface area contributed by atoms with Crippen LogP contribution in [0.3, 0.4) is 0 Å². The number of carbonyl (C=O) groups is 1. The van der Waals surface area contributed by atoms with Crippen molar-refractivity contribution in [2.24, 2.45) is 5.73 Å². The first-order valence-electron chi connectivity index (χ1n) is 12.8. The predicted molar refractivity (Wildman–Crippen MR) is 146 cm³/mol. The molecular weight excluding hydrogens is 505 g/mol. The molecule has 0 heterocycles. The van der Waals surface area contributed by atoms with E-state index in [2.05, 4.69) is 5.32 Å². The van der Waals surface area contributed by atoms with Crippen LogP contribution in [-0.4, -0.2) is 36.9 Å². The van der Waals surface area contributed by atoms with E-state index >= 15 is 0 Å². The molecule has 0 unspecified atom stereocenters. The normalized spacial score (nSPS) is 13.8. The number of hydrogen-bond donors (Lipinski definition) is 3. The molecule has 0 bridgehead atoms. The Morgan fingerprint density at radius 2 is 1.74 bits per heavy atom. The summed E-state index contributed by atoms with van der Waals surface area (Å²) < 4.78 is 47.5. The van der Waals surface area contributed by atoms with Crippen LogP contribution < -0.4 is 15.8 Å². The lowest BCUT2D eigenvalue weighted by Gasteiger charge is -2.20. The zero-order valence-electron chi connectivity index (χ0n) is 21.4. The molecule has 0 atom stereocenters. The minimum atomic E-state index is -4.43. The standard InChI is InChI=1S/C31H31F3N2O3/c32-31(33,34)20-27(21-6-2-1-3-7-21)30(24-18-23-8-4-9-26(23)28(37)19-24)22-11-13-25(14-12-22)39-17-16-36-15-5-10-29(35)38/h1-3,5-7,10-14,18-19,36-37H,4,8-9,15-17,20H2,(H2,35,38)/b10-5?,30-27+. The van der Waals surface area contributed by atoms with Gasteiger partial charge >= 0.3 is 6.18 Å². The second kappa shape index (κ2) is 12.7. The molecule has 4 N–H and O–H groups in total. The molecule has 3 aromatic carbocycles. The summed E-state index contributed by atoms with van der Waals surface area (Å²) >= 11 is 0. The molecule has 5 nitrogen and oxygen atoms in total. The molecule has 0 aromatic heterocycles. The first-order chi connectivity index (χ1) is 18.7. The van der Waals surface area contributed by atoms with Crippen LogP contribution in [0.15, 0.2) is 78.9 Å². The SMILES string of the molecule is NC(=O)C=CCNCCOc1ccc(/C(=C(/CC(F)(F)F)c2ccccc2)c2cc(O)c3c(c2)CCC3)cc1. The number of hydrogen-bond acceptors (Lipinski definition) is 4. The van der Waals surface area contributed by atoms with Crippen LogP contribution in [0.2, 0.25) is 0 Å². The van der Waals surface area contributed by atoms with Gasteiger partial charge in [0.1, 0.15) is 18.1 Å². The van der Waals surface area contributed by atoms with Crippen LogP contribution in [0, 0.1) is 0 Å². The first kappa shape index (κ1) is 28.0. The molecule has 0 saturated carbocycles. The van der Waals surface area contributed by atoms with Gasteiger partial charge < -0.3 is 20.9 Å². The van der Waals surface area contributed by atoms with Crippen LogP contribution >= 0.6 is 0 Å². The molecule has 4 rings (SSSR count). The Morgan fingerprint density at radius 3 is 2.44 bits per heavy atom. The Balaban J connectivity index is 1.67. The fourth-order valence-corrected chi connectivity index (χ4v) is 4.84. The number of allylic oxidation sites excluding steroid dienone is 1. The number of aryl methyl sites for hydroxylation is 1. The third-order valence-corrected chi connectivity index (χ3v) is 6.52. The van der Waals surface area contributed by atoms with Crippen molar-refractivity contribution in [1.29, 1.82) is 0 Å². The molecule has 1 aliphatic rings. The molecule has 39 heavy (non-hydrogen) atoms. The number of nitrogens with one attached hydrogen (secondary N) is 1. The molecule has 204 valence electrons. The summed E-state index contributed by atoms with van der Waals surface area (Å²) in [5.41, 5.74) is 9.08. The maximum atomic E-state index is 13.9. The largest absolute Gasteiger partial charge is 0.508 e. The number of aromatic hydroxyl groups is 1. The molecule has 0 saturated heterocycles. The van der Waals surface area contributed by atoms with E-state index in [0.29, 0.717) is 47.7 Å². The number of alkyl halides is 3. The van der Waals surface area contributed by atoms with E-state index < -0.39 is 18.5 Å². The smallest absolute Gasteiger partial charge is 0.393 e. The molecule has 3 aromatic rings. The number of halogens is 3. The second-order valence-electron chi connectivity index (χ2n) is 9.38. The number of benzene rings is 3. The molecular formula is C31H31F3N2O3. The molecule has 0 radical (unpaired) electrons. The van der Waals surface area contributed by atoms with Crippen molar-refractivity contribution in [3.05, 3.63) is 107 Å². The van der Waals surface area contributed by atoms with E-state index in [1.807, 2.05) is 6.07 Å². The number of carbonyl (C=O) groups excluding carboxylic acids is 1. The van der Waals surface area contributed by atoms with Crippen molar-refractivity contribution < 1.29 is 27.8 Å². The Kier molecular flexibility index (Phi) is 9.09. The third kappa shape index (κ3) is 7.74. The van der Waals surface area contributed by atoms with Crippen LogP contribution in [-0.2, 0) is 17.6 Å². The van der Waals surface area contributed by atoms with Crippen molar-refractivity contribution in [3.63, 3.8) is 0 Å². The van der Waals surface area contributed by atoms with E-state index in [-0.39, 0.29) is 11.3 Å². The van der Waals surface area contributed by atoms with Gasteiger partial charge in [-0.15, -0.1) is 0 Å². The highest BCUT2D eigenvalue weighted by atomic mass is 19.4. The highest BCUT2D eigenvalue weighted by molar-refractivity contribution is 5.99. The van der Waals surface area contributed by atoms with Crippen LogP contribution in [0.4, 0.5) is 13.2 Å². The lowest BCUT2D eigenvalue weighted by atomic mass is 9.86. The zero-order chi connectivity index (χ0) is 27.8. The Labute approximate surface area is 225 Å². The van der Waals surface area contributed by atoms with Crippen molar-refractivity contribution in [2.75, 3.05) is 19.7 Å². The average Bonchev–Trinajstić information content (AvgIpc) is 3.38. The van der Waals surface area contributed by atoms with Crippen LogP contribution in [0.1, 0.15) is 40.7 Å². The van der Waals surface area contributed by atoms with Gasteiger partial charge in [0.05, 0.1) is 6.42 Å². The number of ether oxygens (including phenoxy) is 1. The molecule has 0 fully saturated rings. The summed E-state index contributed by atoms with van der Waals surface area (Å²) in [6.45, 7) is 1.34. The van der Waals surface area contributed by atoms with Gasteiger partial charge in [0.2, 0.25) is 5.91 Å². The summed E-state index contributed by atoms with van der Waals surface area (Å²) in [6.07, 6.45) is -0.202. The maximum Gasteiger partial charge on any atom is 0.393 e.